The van der Waals surface area contributed by atoms with Crippen LogP contribution in [0.1, 0.15) is 31.9 Å². The highest BCUT2D eigenvalue weighted by atomic mass is 35.5. The minimum atomic E-state index is 0.370. The molecule has 1 aliphatic rings. The Morgan fingerprint density at radius 1 is 1.57 bits per heavy atom. The number of aromatic nitrogens is 1. The first-order valence-corrected chi connectivity index (χ1v) is 5.42. The predicted octanol–water partition coefficient (Wildman–Crippen LogP) is 2.79. The summed E-state index contributed by atoms with van der Waals surface area (Å²) in [6.07, 6.45) is 3.14. The van der Waals surface area contributed by atoms with Crippen LogP contribution < -0.4 is 5.32 Å². The van der Waals surface area contributed by atoms with Crippen LogP contribution in [0.2, 0.25) is 5.15 Å². The molecule has 1 aliphatic carbocycles. The van der Waals surface area contributed by atoms with Crippen LogP contribution in [-0.4, -0.2) is 11.0 Å². The summed E-state index contributed by atoms with van der Waals surface area (Å²) in [7, 11) is 0. The first kappa shape index (κ1) is 9.94. The first-order chi connectivity index (χ1) is 6.66. The Hall–Kier alpha value is -0.600. The third kappa shape index (κ3) is 2.25. The van der Waals surface area contributed by atoms with Crippen LogP contribution in [0, 0.1) is 5.92 Å². The highest BCUT2D eigenvalue weighted by Crippen LogP contribution is 2.31. The molecule has 1 N–H and O–H groups in total. The maximum absolute atomic E-state index is 5.73. The van der Waals surface area contributed by atoms with Crippen molar-refractivity contribution < 1.29 is 0 Å². The second-order valence-corrected chi connectivity index (χ2v) is 4.51. The fourth-order valence-corrected chi connectivity index (χ4v) is 1.73. The summed E-state index contributed by atoms with van der Waals surface area (Å²) in [4.78, 5) is 4.07. The maximum Gasteiger partial charge on any atom is 0.129 e. The van der Waals surface area contributed by atoms with E-state index in [1.54, 1.807) is 0 Å². The van der Waals surface area contributed by atoms with Crippen molar-refractivity contribution in [2.75, 3.05) is 0 Å². The molecule has 14 heavy (non-hydrogen) atoms. The van der Waals surface area contributed by atoms with Crippen LogP contribution >= 0.6 is 11.6 Å². The van der Waals surface area contributed by atoms with Crippen molar-refractivity contribution in [2.24, 2.45) is 5.92 Å². The third-order valence-electron chi connectivity index (χ3n) is 2.82. The zero-order chi connectivity index (χ0) is 10.1. The number of pyridine rings is 1. The Morgan fingerprint density at radius 3 is 2.79 bits per heavy atom. The summed E-state index contributed by atoms with van der Waals surface area (Å²) in [6, 6.07) is 4.93. The molecule has 1 aromatic heterocycles. The molecule has 0 amide bonds. The molecule has 3 atom stereocenters. The second kappa shape index (κ2) is 3.87. The van der Waals surface area contributed by atoms with Crippen molar-refractivity contribution in [2.45, 2.75) is 32.4 Å². The maximum atomic E-state index is 5.73. The average Bonchev–Trinajstić information content (AvgIpc) is 2.82. The van der Waals surface area contributed by atoms with E-state index in [0.717, 1.165) is 5.92 Å². The molecular formula is C11H15ClN2. The molecule has 0 saturated heterocycles. The molecule has 0 bridgehead atoms. The van der Waals surface area contributed by atoms with Crippen LogP contribution in [0.5, 0.6) is 0 Å². The summed E-state index contributed by atoms with van der Waals surface area (Å²) in [5.41, 5.74) is 1.20. The highest BCUT2D eigenvalue weighted by Gasteiger charge is 2.33. The molecule has 0 radical (unpaired) electrons. The van der Waals surface area contributed by atoms with Crippen molar-refractivity contribution in [1.82, 2.24) is 10.3 Å². The Morgan fingerprint density at radius 2 is 2.29 bits per heavy atom. The molecule has 1 unspecified atom stereocenters. The van der Waals surface area contributed by atoms with Gasteiger partial charge in [0.2, 0.25) is 0 Å². The van der Waals surface area contributed by atoms with Crippen molar-refractivity contribution in [3.05, 3.63) is 29.0 Å². The van der Waals surface area contributed by atoms with E-state index in [1.165, 1.54) is 12.0 Å². The lowest BCUT2D eigenvalue weighted by atomic mass is 10.1. The van der Waals surface area contributed by atoms with Gasteiger partial charge in [0.25, 0.3) is 0 Å². The van der Waals surface area contributed by atoms with Crippen LogP contribution in [0.15, 0.2) is 18.3 Å². The fourth-order valence-electron chi connectivity index (χ4n) is 1.62. The average molecular weight is 211 g/mol. The summed E-state index contributed by atoms with van der Waals surface area (Å²) in [5, 5.41) is 4.11. The van der Waals surface area contributed by atoms with Crippen LogP contribution in [0.4, 0.5) is 0 Å². The number of halogens is 1. The van der Waals surface area contributed by atoms with Gasteiger partial charge in [0.15, 0.2) is 0 Å². The van der Waals surface area contributed by atoms with Gasteiger partial charge in [0.05, 0.1) is 0 Å². The topological polar surface area (TPSA) is 24.9 Å². The number of rotatable bonds is 3. The Bertz CT molecular complexity index is 310. The Balaban J connectivity index is 1.96. The third-order valence-corrected chi connectivity index (χ3v) is 3.05. The lowest BCUT2D eigenvalue weighted by Crippen LogP contribution is -2.22. The van der Waals surface area contributed by atoms with Gasteiger partial charge in [-0.25, -0.2) is 4.98 Å². The van der Waals surface area contributed by atoms with Gasteiger partial charge in [0.1, 0.15) is 5.15 Å². The quantitative estimate of drug-likeness (QED) is 0.777. The molecule has 76 valence electrons. The Kier molecular flexibility index (Phi) is 2.75. The molecular weight excluding hydrogens is 196 g/mol. The van der Waals surface area contributed by atoms with Gasteiger partial charge in [0, 0.05) is 18.3 Å². The van der Waals surface area contributed by atoms with E-state index in [9.17, 15) is 0 Å². The van der Waals surface area contributed by atoms with E-state index in [2.05, 4.69) is 24.1 Å². The molecule has 1 aromatic rings. The van der Waals surface area contributed by atoms with E-state index in [0.29, 0.717) is 17.2 Å². The minimum Gasteiger partial charge on any atom is -0.307 e. The molecule has 0 aromatic carbocycles. The van der Waals surface area contributed by atoms with Gasteiger partial charge < -0.3 is 5.32 Å². The van der Waals surface area contributed by atoms with Gasteiger partial charge in [-0.2, -0.15) is 0 Å². The standard InChI is InChI=1S/C11H15ClN2/c1-7-5-10(7)14-8(2)9-3-4-11(12)13-6-9/h3-4,6-8,10,14H,5H2,1-2H3/t7-,8?,10-/m1/s1. The van der Waals surface area contributed by atoms with E-state index in [1.807, 2.05) is 18.3 Å². The van der Waals surface area contributed by atoms with Crippen molar-refractivity contribution in [1.29, 1.82) is 0 Å². The lowest BCUT2D eigenvalue weighted by molar-refractivity contribution is 0.550. The second-order valence-electron chi connectivity index (χ2n) is 4.12. The molecule has 1 fully saturated rings. The minimum absolute atomic E-state index is 0.370. The summed E-state index contributed by atoms with van der Waals surface area (Å²) in [6.45, 7) is 4.43. The van der Waals surface area contributed by atoms with E-state index in [4.69, 9.17) is 11.6 Å². The molecule has 1 saturated carbocycles. The van der Waals surface area contributed by atoms with Gasteiger partial charge >= 0.3 is 0 Å². The predicted molar refractivity (Wildman–Crippen MR) is 58.4 cm³/mol. The van der Waals surface area contributed by atoms with E-state index in [-0.39, 0.29) is 0 Å². The first-order valence-electron chi connectivity index (χ1n) is 5.04. The molecule has 0 spiro atoms. The summed E-state index contributed by atoms with van der Waals surface area (Å²) in [5.74, 6) is 0.831. The zero-order valence-electron chi connectivity index (χ0n) is 8.50. The number of hydrogen-bond donors (Lipinski definition) is 1. The van der Waals surface area contributed by atoms with Crippen LogP contribution in [0.25, 0.3) is 0 Å². The smallest absolute Gasteiger partial charge is 0.129 e. The fraction of sp³-hybridized carbons (Fsp3) is 0.545. The van der Waals surface area contributed by atoms with Gasteiger partial charge in [-0.3, -0.25) is 0 Å². The molecule has 0 aliphatic heterocycles. The normalized spacial score (nSPS) is 27.4. The van der Waals surface area contributed by atoms with Crippen LogP contribution in [-0.2, 0) is 0 Å². The number of nitrogens with zero attached hydrogens (tertiary/aromatic N) is 1. The van der Waals surface area contributed by atoms with Crippen molar-refractivity contribution in [3.8, 4) is 0 Å². The lowest BCUT2D eigenvalue weighted by Gasteiger charge is -2.13. The highest BCUT2D eigenvalue weighted by molar-refractivity contribution is 6.29. The van der Waals surface area contributed by atoms with E-state index >= 15 is 0 Å². The van der Waals surface area contributed by atoms with Gasteiger partial charge in [-0.05, 0) is 30.9 Å². The van der Waals surface area contributed by atoms with Crippen molar-refractivity contribution >= 4 is 11.6 Å². The molecule has 3 heteroatoms. The summed E-state index contributed by atoms with van der Waals surface area (Å²) < 4.78 is 0. The number of hydrogen-bond acceptors (Lipinski definition) is 2. The van der Waals surface area contributed by atoms with Gasteiger partial charge in [-0.1, -0.05) is 24.6 Å². The molecule has 2 nitrogen and oxygen atoms in total. The number of nitrogens with one attached hydrogen (secondary N) is 1. The van der Waals surface area contributed by atoms with Gasteiger partial charge in [-0.15, -0.1) is 0 Å². The summed E-state index contributed by atoms with van der Waals surface area (Å²) >= 11 is 5.73. The SMILES string of the molecule is CC(N[C@@H]1C[C@H]1C)c1ccc(Cl)nc1. The van der Waals surface area contributed by atoms with Crippen LogP contribution in [0.3, 0.4) is 0 Å². The zero-order valence-corrected chi connectivity index (χ0v) is 9.25. The van der Waals surface area contributed by atoms with E-state index < -0.39 is 0 Å². The monoisotopic (exact) mass is 210 g/mol. The van der Waals surface area contributed by atoms with Crippen molar-refractivity contribution in [3.63, 3.8) is 0 Å². The molecule has 2 rings (SSSR count). The largest absolute Gasteiger partial charge is 0.307 e. The molecule has 1 heterocycles. The Labute approximate surface area is 89.7 Å².